The van der Waals surface area contributed by atoms with E-state index in [1.165, 1.54) is 0 Å². The molecule has 1 aromatic heterocycles. The molecule has 2 aliphatic rings. The Kier molecular flexibility index (Phi) is 8.01. The van der Waals surface area contributed by atoms with Gasteiger partial charge in [0.15, 0.2) is 23.7 Å². The van der Waals surface area contributed by atoms with Crippen LogP contribution in [-0.4, -0.2) is 16.4 Å². The lowest BCUT2D eigenvalue weighted by Crippen LogP contribution is -2.43. The van der Waals surface area contributed by atoms with E-state index in [1.807, 2.05) is 42.5 Å². The third-order valence-corrected chi connectivity index (χ3v) is 9.18. The molecule has 5 aromatic rings. The molecule has 2 unspecified atom stereocenters. The smallest absolute Gasteiger partial charge is 0.193 e. The van der Waals surface area contributed by atoms with E-state index in [9.17, 15) is 0 Å². The second kappa shape index (κ2) is 12.1. The standard InChI is InChI=1S/C43H43N3O2/c1-40(2,3)38-42(30-20-11-7-12-21-30,31-22-13-8-14-23-31)47-36(45-38)34-28-19-29-35(44-34)37-46-39(41(4,5)6)43(48-37,32-24-15-9-16-25-32)33-26-17-10-18-27-33/h7-29,36-37H,1-6H3. The molecule has 0 spiro atoms. The number of rotatable bonds is 6. The van der Waals surface area contributed by atoms with Crippen molar-refractivity contribution in [2.24, 2.45) is 20.8 Å². The predicted molar refractivity (Wildman–Crippen MR) is 193 cm³/mol. The van der Waals surface area contributed by atoms with Gasteiger partial charge in [-0.3, -0.25) is 9.98 Å². The zero-order valence-electron chi connectivity index (χ0n) is 28.6. The van der Waals surface area contributed by atoms with E-state index in [1.54, 1.807) is 0 Å². The minimum absolute atomic E-state index is 0.288. The fourth-order valence-electron chi connectivity index (χ4n) is 7.20. The molecule has 4 aromatic carbocycles. The summed E-state index contributed by atoms with van der Waals surface area (Å²) in [7, 11) is 0. The topological polar surface area (TPSA) is 56.1 Å². The Hall–Kier alpha value is -4.71. The largest absolute Gasteiger partial charge is 0.329 e. The van der Waals surface area contributed by atoms with Gasteiger partial charge in [-0.1, -0.05) is 169 Å². The monoisotopic (exact) mass is 633 g/mol. The molecule has 2 aliphatic heterocycles. The highest BCUT2D eigenvalue weighted by Gasteiger charge is 2.53. The summed E-state index contributed by atoms with van der Waals surface area (Å²) in [5.74, 6) is 0. The van der Waals surface area contributed by atoms with Gasteiger partial charge in [0, 0.05) is 10.8 Å². The number of benzene rings is 4. The maximum atomic E-state index is 7.18. The third kappa shape index (κ3) is 5.41. The van der Waals surface area contributed by atoms with Gasteiger partial charge in [0.1, 0.15) is 0 Å². The zero-order valence-corrected chi connectivity index (χ0v) is 28.6. The number of aromatic nitrogens is 1. The van der Waals surface area contributed by atoms with Gasteiger partial charge in [-0.2, -0.15) is 0 Å². The first-order valence-corrected chi connectivity index (χ1v) is 16.8. The fraction of sp³-hybridized carbons (Fsp3) is 0.279. The number of pyridine rings is 1. The minimum Gasteiger partial charge on any atom is -0.329 e. The van der Waals surface area contributed by atoms with Crippen molar-refractivity contribution in [1.29, 1.82) is 0 Å². The minimum atomic E-state index is -0.875. The lowest BCUT2D eigenvalue weighted by Gasteiger charge is -2.37. The van der Waals surface area contributed by atoms with Crippen LogP contribution in [0.5, 0.6) is 0 Å². The van der Waals surface area contributed by atoms with Crippen molar-refractivity contribution in [3.8, 4) is 0 Å². The first kappa shape index (κ1) is 31.9. The van der Waals surface area contributed by atoms with E-state index in [0.717, 1.165) is 45.1 Å². The van der Waals surface area contributed by atoms with Crippen molar-refractivity contribution in [2.75, 3.05) is 0 Å². The van der Waals surface area contributed by atoms with E-state index in [0.29, 0.717) is 0 Å². The van der Waals surface area contributed by atoms with Crippen LogP contribution in [0, 0.1) is 10.8 Å². The number of aliphatic imine (C=N–C) groups is 2. The molecule has 3 heterocycles. The van der Waals surface area contributed by atoms with Crippen LogP contribution in [0.1, 0.15) is 87.6 Å². The Morgan fingerprint density at radius 2 is 0.708 bits per heavy atom. The van der Waals surface area contributed by atoms with Gasteiger partial charge in [-0.25, -0.2) is 4.98 Å². The highest BCUT2D eigenvalue weighted by molar-refractivity contribution is 6.02. The summed E-state index contributed by atoms with van der Waals surface area (Å²) in [6.07, 6.45) is -1.25. The van der Waals surface area contributed by atoms with E-state index >= 15 is 0 Å². The first-order chi connectivity index (χ1) is 23.0. The van der Waals surface area contributed by atoms with Crippen LogP contribution in [-0.2, 0) is 20.7 Å². The molecule has 242 valence electrons. The molecule has 0 bridgehead atoms. The van der Waals surface area contributed by atoms with Crippen molar-refractivity contribution in [2.45, 2.75) is 65.2 Å². The molecule has 0 N–H and O–H groups in total. The number of ether oxygens (including phenoxy) is 2. The van der Waals surface area contributed by atoms with Crippen LogP contribution >= 0.6 is 0 Å². The molecule has 0 saturated carbocycles. The summed E-state index contributed by atoms with van der Waals surface area (Å²) in [6, 6.07) is 47.6. The van der Waals surface area contributed by atoms with Gasteiger partial charge >= 0.3 is 0 Å². The van der Waals surface area contributed by atoms with Crippen molar-refractivity contribution >= 4 is 11.4 Å². The average Bonchev–Trinajstić information content (AvgIpc) is 3.73. The number of hydrogen-bond acceptors (Lipinski definition) is 5. The summed E-state index contributed by atoms with van der Waals surface area (Å²) in [4.78, 5) is 15.9. The molecule has 0 radical (unpaired) electrons. The van der Waals surface area contributed by atoms with Crippen molar-refractivity contribution in [3.63, 3.8) is 0 Å². The molecule has 0 aliphatic carbocycles. The number of nitrogens with zero attached hydrogens (tertiary/aromatic N) is 3. The molecule has 5 heteroatoms. The van der Waals surface area contributed by atoms with Crippen LogP contribution < -0.4 is 0 Å². The van der Waals surface area contributed by atoms with Gasteiger partial charge < -0.3 is 9.47 Å². The van der Waals surface area contributed by atoms with Gasteiger partial charge in [-0.15, -0.1) is 0 Å². The SMILES string of the molecule is CC(C)(C)C1=NC(c2cccc(C3N=C(C(C)(C)C)C(c4ccccc4)(c4ccccc4)O3)n2)OC1(c1ccccc1)c1ccccc1. The molecule has 7 rings (SSSR count). The molecule has 5 nitrogen and oxygen atoms in total. The molecule has 0 saturated heterocycles. The predicted octanol–water partition coefficient (Wildman–Crippen LogP) is 10.0. The molecular formula is C43H43N3O2. The third-order valence-electron chi connectivity index (χ3n) is 9.18. The van der Waals surface area contributed by atoms with E-state index in [-0.39, 0.29) is 10.8 Å². The van der Waals surface area contributed by atoms with Crippen molar-refractivity contribution in [3.05, 3.63) is 173 Å². The maximum absolute atomic E-state index is 7.18. The average molecular weight is 634 g/mol. The van der Waals surface area contributed by atoms with Crippen LogP contribution in [0.15, 0.2) is 150 Å². The quantitative estimate of drug-likeness (QED) is 0.187. The second-order valence-corrected chi connectivity index (χ2v) is 14.7. The summed E-state index contributed by atoms with van der Waals surface area (Å²) in [5.41, 5.74) is 5.19. The fourth-order valence-corrected chi connectivity index (χ4v) is 7.20. The maximum Gasteiger partial charge on any atom is 0.193 e. The van der Waals surface area contributed by atoms with Crippen molar-refractivity contribution in [1.82, 2.24) is 4.98 Å². The van der Waals surface area contributed by atoms with Crippen LogP contribution in [0.25, 0.3) is 0 Å². The highest BCUT2D eigenvalue weighted by Crippen LogP contribution is 2.51. The molecule has 0 amide bonds. The van der Waals surface area contributed by atoms with Crippen LogP contribution in [0.4, 0.5) is 0 Å². The zero-order chi connectivity index (χ0) is 33.6. The molecule has 48 heavy (non-hydrogen) atoms. The molecule has 0 fully saturated rings. The lowest BCUT2D eigenvalue weighted by molar-refractivity contribution is -0.0142. The van der Waals surface area contributed by atoms with Gasteiger partial charge in [0.25, 0.3) is 0 Å². The Labute approximate surface area is 284 Å². The highest BCUT2D eigenvalue weighted by atomic mass is 16.5. The molecule has 2 atom stereocenters. The Balaban J connectivity index is 1.34. The van der Waals surface area contributed by atoms with Gasteiger partial charge in [0.05, 0.1) is 22.8 Å². The Morgan fingerprint density at radius 1 is 0.417 bits per heavy atom. The van der Waals surface area contributed by atoms with E-state index in [4.69, 9.17) is 24.4 Å². The summed E-state index contributed by atoms with van der Waals surface area (Å²) in [6.45, 7) is 13.2. The van der Waals surface area contributed by atoms with Gasteiger partial charge in [-0.05, 0) is 34.4 Å². The Bertz CT molecular complexity index is 1720. The van der Waals surface area contributed by atoms with Crippen LogP contribution in [0.2, 0.25) is 0 Å². The normalized spacial score (nSPS) is 20.3. The summed E-state index contributed by atoms with van der Waals surface area (Å²) in [5, 5.41) is 0. The number of hydrogen-bond donors (Lipinski definition) is 0. The van der Waals surface area contributed by atoms with E-state index in [2.05, 4.69) is 139 Å². The first-order valence-electron chi connectivity index (χ1n) is 16.8. The van der Waals surface area contributed by atoms with Crippen molar-refractivity contribution < 1.29 is 9.47 Å². The van der Waals surface area contributed by atoms with E-state index < -0.39 is 23.7 Å². The second-order valence-electron chi connectivity index (χ2n) is 14.7. The van der Waals surface area contributed by atoms with Gasteiger partial charge in [0.2, 0.25) is 0 Å². The summed E-state index contributed by atoms with van der Waals surface area (Å²) < 4.78 is 14.4. The molecular weight excluding hydrogens is 590 g/mol. The Morgan fingerprint density at radius 3 is 0.979 bits per heavy atom. The summed E-state index contributed by atoms with van der Waals surface area (Å²) >= 11 is 0. The lowest BCUT2D eigenvalue weighted by atomic mass is 9.72. The van der Waals surface area contributed by atoms with Crippen LogP contribution in [0.3, 0.4) is 0 Å².